The summed E-state index contributed by atoms with van der Waals surface area (Å²) in [5, 5.41) is 5.98. The van der Waals surface area contributed by atoms with Crippen molar-refractivity contribution in [2.75, 3.05) is 17.9 Å². The molecule has 0 aliphatic carbocycles. The number of halogens is 3. The number of hydrogen-bond donors (Lipinski definition) is 2. The number of nitrogens with zero attached hydrogens (tertiary/aromatic N) is 2. The average molecular weight is 446 g/mol. The summed E-state index contributed by atoms with van der Waals surface area (Å²) in [5.41, 5.74) is 0.811. The average Bonchev–Trinajstić information content (AvgIpc) is 3.13. The summed E-state index contributed by atoms with van der Waals surface area (Å²) in [5.74, 6) is -2.97. The zero-order valence-corrected chi connectivity index (χ0v) is 16.4. The Balaban J connectivity index is 1.85. The molecule has 30 heavy (non-hydrogen) atoms. The number of fused-ring (bicyclic) bond motifs is 1. The second kappa shape index (κ2) is 7.97. The van der Waals surface area contributed by atoms with Gasteiger partial charge in [-0.3, -0.25) is 14.6 Å². The van der Waals surface area contributed by atoms with Crippen molar-refractivity contribution in [2.45, 2.75) is 31.0 Å². The maximum atomic E-state index is 12.7. The van der Waals surface area contributed by atoms with Crippen molar-refractivity contribution in [1.82, 2.24) is 15.1 Å². The number of aromatic nitrogens is 2. The molecule has 0 bridgehead atoms. The van der Waals surface area contributed by atoms with Crippen LogP contribution in [0.5, 0.6) is 0 Å². The number of anilines is 1. The number of H-pyrrole nitrogens is 1. The van der Waals surface area contributed by atoms with Crippen molar-refractivity contribution in [3.05, 3.63) is 41.1 Å². The molecule has 0 radical (unpaired) electrons. The van der Waals surface area contributed by atoms with Crippen LogP contribution in [0.25, 0.3) is 0 Å². The number of carbonyl (C=O) groups excluding carboxylic acids is 2. The predicted molar refractivity (Wildman–Crippen MR) is 97.0 cm³/mol. The van der Waals surface area contributed by atoms with E-state index in [0.29, 0.717) is 10.5 Å². The summed E-state index contributed by atoms with van der Waals surface area (Å²) < 4.78 is 70.6. The Morgan fingerprint density at radius 3 is 2.70 bits per heavy atom. The summed E-state index contributed by atoms with van der Waals surface area (Å²) in [4.78, 5) is 23.7. The van der Waals surface area contributed by atoms with Crippen LogP contribution in [0.4, 0.5) is 19.0 Å². The minimum atomic E-state index is -5.01. The lowest BCUT2D eigenvalue weighted by atomic mass is 10.00. The second-order valence-corrected chi connectivity index (χ2v) is 8.07. The second-order valence-electron chi connectivity index (χ2n) is 6.39. The van der Waals surface area contributed by atoms with Crippen LogP contribution in [0.1, 0.15) is 28.4 Å². The smallest absolute Gasteiger partial charge is 0.462 e. The predicted octanol–water partition coefficient (Wildman–Crippen LogP) is 1.83. The molecule has 2 heterocycles. The topological polar surface area (TPSA) is 121 Å². The van der Waals surface area contributed by atoms with E-state index >= 15 is 0 Å². The molecule has 1 aromatic heterocycles. The summed E-state index contributed by atoms with van der Waals surface area (Å²) in [6.45, 7) is 1.18. The van der Waals surface area contributed by atoms with Gasteiger partial charge in [-0.05, 0) is 36.6 Å². The first-order valence-corrected chi connectivity index (χ1v) is 10.2. The molecule has 1 aromatic carbocycles. The lowest BCUT2D eigenvalue weighted by Gasteiger charge is -2.29. The van der Waals surface area contributed by atoms with Gasteiger partial charge in [0.05, 0.1) is 17.7 Å². The van der Waals surface area contributed by atoms with Crippen molar-refractivity contribution >= 4 is 27.7 Å². The highest BCUT2D eigenvalue weighted by molar-refractivity contribution is 7.92. The number of benzene rings is 1. The minimum absolute atomic E-state index is 0.0776. The van der Waals surface area contributed by atoms with E-state index in [1.807, 2.05) is 0 Å². The van der Waals surface area contributed by atoms with Gasteiger partial charge in [-0.1, -0.05) is 6.07 Å². The third-order valence-electron chi connectivity index (χ3n) is 4.40. The number of ether oxygens (including phenoxy) is 1. The number of hydrogen-bond acceptors (Lipinski definition) is 6. The van der Waals surface area contributed by atoms with Crippen LogP contribution in [-0.4, -0.2) is 54.7 Å². The fraction of sp³-hybridized carbons (Fsp3) is 0.353. The van der Waals surface area contributed by atoms with E-state index in [1.165, 1.54) is 18.2 Å². The van der Waals surface area contributed by atoms with E-state index in [2.05, 4.69) is 14.9 Å². The normalized spacial score (nSPS) is 14.2. The van der Waals surface area contributed by atoms with Gasteiger partial charge < -0.3 is 9.64 Å². The SMILES string of the molecule is CCOC(=O)c1cn[nH]c1NS(=O)(=O)c1ccc2c(c1)CN(C(=O)C(F)(F)F)CC2. The Kier molecular flexibility index (Phi) is 5.74. The van der Waals surface area contributed by atoms with E-state index in [1.54, 1.807) is 6.92 Å². The van der Waals surface area contributed by atoms with Gasteiger partial charge in [0.25, 0.3) is 10.0 Å². The molecule has 2 N–H and O–H groups in total. The molecule has 13 heteroatoms. The Bertz CT molecular complexity index is 1080. The number of aromatic amines is 1. The molecule has 1 amide bonds. The first-order valence-electron chi connectivity index (χ1n) is 8.74. The molecule has 0 atom stereocenters. The molecule has 3 rings (SSSR count). The summed E-state index contributed by atoms with van der Waals surface area (Å²) in [7, 11) is -4.21. The van der Waals surface area contributed by atoms with Crippen LogP contribution >= 0.6 is 0 Å². The minimum Gasteiger partial charge on any atom is -0.462 e. The molecule has 1 aliphatic heterocycles. The molecule has 0 saturated carbocycles. The van der Waals surface area contributed by atoms with Crippen LogP contribution in [0.15, 0.2) is 29.3 Å². The van der Waals surface area contributed by atoms with Crippen LogP contribution in [-0.2, 0) is 32.5 Å². The number of nitrogens with one attached hydrogen (secondary N) is 2. The Labute approximate surface area is 169 Å². The van der Waals surface area contributed by atoms with E-state index in [9.17, 15) is 31.2 Å². The van der Waals surface area contributed by atoms with Crippen molar-refractivity contribution in [3.63, 3.8) is 0 Å². The maximum Gasteiger partial charge on any atom is 0.471 e. The highest BCUT2D eigenvalue weighted by atomic mass is 32.2. The molecule has 1 aliphatic rings. The highest BCUT2D eigenvalue weighted by Gasteiger charge is 2.43. The molecule has 162 valence electrons. The first-order chi connectivity index (χ1) is 14.0. The van der Waals surface area contributed by atoms with Crippen LogP contribution in [0, 0.1) is 0 Å². The largest absolute Gasteiger partial charge is 0.471 e. The third-order valence-corrected chi connectivity index (χ3v) is 5.75. The van der Waals surface area contributed by atoms with Crippen LogP contribution in [0.2, 0.25) is 0 Å². The lowest BCUT2D eigenvalue weighted by Crippen LogP contribution is -2.43. The fourth-order valence-corrected chi connectivity index (χ4v) is 4.06. The summed E-state index contributed by atoms with van der Waals surface area (Å²) >= 11 is 0. The van der Waals surface area contributed by atoms with Gasteiger partial charge >= 0.3 is 18.1 Å². The van der Waals surface area contributed by atoms with Crippen molar-refractivity contribution < 1.29 is 35.9 Å². The van der Waals surface area contributed by atoms with Crippen molar-refractivity contribution in [2.24, 2.45) is 0 Å². The third kappa shape index (κ3) is 4.40. The summed E-state index contributed by atoms with van der Waals surface area (Å²) in [6.07, 6.45) is -3.74. The highest BCUT2D eigenvalue weighted by Crippen LogP contribution is 2.27. The fourth-order valence-electron chi connectivity index (χ4n) is 2.97. The van der Waals surface area contributed by atoms with Crippen molar-refractivity contribution in [3.8, 4) is 0 Å². The quantitative estimate of drug-likeness (QED) is 0.676. The molecule has 0 spiro atoms. The zero-order chi connectivity index (χ0) is 22.1. The Morgan fingerprint density at radius 1 is 1.30 bits per heavy atom. The number of rotatable bonds is 5. The van der Waals surface area contributed by atoms with Crippen LogP contribution < -0.4 is 4.72 Å². The van der Waals surface area contributed by atoms with Gasteiger partial charge in [0, 0.05) is 13.1 Å². The molecule has 0 unspecified atom stereocenters. The van der Waals surface area contributed by atoms with Gasteiger partial charge in [0.2, 0.25) is 0 Å². The maximum absolute atomic E-state index is 12.7. The Hall–Kier alpha value is -3.09. The summed E-state index contributed by atoms with van der Waals surface area (Å²) in [6, 6.07) is 3.98. The number of carbonyl (C=O) groups is 2. The molecular weight excluding hydrogens is 429 g/mol. The molecule has 0 fully saturated rings. The van der Waals surface area contributed by atoms with E-state index < -0.39 is 28.1 Å². The molecule has 0 saturated heterocycles. The van der Waals surface area contributed by atoms with Gasteiger partial charge in [0.1, 0.15) is 11.4 Å². The molecule has 2 aromatic rings. The van der Waals surface area contributed by atoms with Gasteiger partial charge in [-0.15, -0.1) is 0 Å². The number of sulfonamides is 1. The van der Waals surface area contributed by atoms with E-state index in [0.717, 1.165) is 6.20 Å². The number of alkyl halides is 3. The van der Waals surface area contributed by atoms with Gasteiger partial charge in [0.15, 0.2) is 0 Å². The number of esters is 1. The standard InChI is InChI=1S/C17H17F3N4O5S/c1-2-29-15(25)13-8-21-22-14(13)23-30(27,28)12-4-3-10-5-6-24(9-11(10)7-12)16(26)17(18,19)20/h3-4,7-8H,2,5-6,9H2,1H3,(H2,21,22,23). The van der Waals surface area contributed by atoms with E-state index in [-0.39, 0.29) is 48.0 Å². The number of amides is 1. The van der Waals surface area contributed by atoms with Gasteiger partial charge in [-0.2, -0.15) is 18.3 Å². The van der Waals surface area contributed by atoms with E-state index in [4.69, 9.17) is 4.74 Å². The Morgan fingerprint density at radius 2 is 2.03 bits per heavy atom. The van der Waals surface area contributed by atoms with Crippen molar-refractivity contribution in [1.29, 1.82) is 0 Å². The first kappa shape index (κ1) is 21.6. The lowest BCUT2D eigenvalue weighted by molar-refractivity contribution is -0.186. The van der Waals surface area contributed by atoms with Crippen LogP contribution in [0.3, 0.4) is 0 Å². The zero-order valence-electron chi connectivity index (χ0n) is 15.6. The molecule has 9 nitrogen and oxygen atoms in total. The monoisotopic (exact) mass is 446 g/mol. The van der Waals surface area contributed by atoms with Gasteiger partial charge in [-0.25, -0.2) is 13.2 Å². The molecular formula is C17H17F3N4O5S.